The third-order valence-corrected chi connectivity index (χ3v) is 16.0. The Kier molecular flexibility index (Phi) is 7.17. The highest BCUT2D eigenvalue weighted by Crippen LogP contribution is 2.63. The first kappa shape index (κ1) is 37.4. The van der Waals surface area contributed by atoms with Crippen molar-refractivity contribution in [3.05, 3.63) is 228 Å². The summed E-state index contributed by atoms with van der Waals surface area (Å²) in [5.41, 5.74) is 26.8. The minimum Gasteiger partial charge on any atom is -0.309 e. The number of anilines is 10. The summed E-state index contributed by atoms with van der Waals surface area (Å²) in [5, 5.41) is 5.03. The number of rotatable bonds is 3. The highest BCUT2D eigenvalue weighted by Gasteiger charge is 2.45. The van der Waals surface area contributed by atoms with Gasteiger partial charge >= 0.3 is 0 Å². The molecule has 69 heavy (non-hydrogen) atoms. The predicted molar refractivity (Wildman–Crippen MR) is 286 cm³/mol. The molecule has 9 aromatic carbocycles. The van der Waals surface area contributed by atoms with Crippen molar-refractivity contribution in [1.29, 1.82) is 0 Å². The minimum absolute atomic E-state index is 0.254. The lowest BCUT2D eigenvalue weighted by Gasteiger charge is -2.44. The van der Waals surface area contributed by atoms with Gasteiger partial charge in [-0.05, 0) is 122 Å². The van der Waals surface area contributed by atoms with Crippen LogP contribution < -0.4 is 19.6 Å². The van der Waals surface area contributed by atoms with E-state index in [1.807, 2.05) is 0 Å². The summed E-state index contributed by atoms with van der Waals surface area (Å²) in [7, 11) is 0. The van der Waals surface area contributed by atoms with Crippen LogP contribution in [0, 0.1) is 20.8 Å². The molecular weight excluding hydrogens is 841 g/mol. The van der Waals surface area contributed by atoms with Gasteiger partial charge in [-0.3, -0.25) is 0 Å². The van der Waals surface area contributed by atoms with Crippen molar-refractivity contribution in [2.45, 2.75) is 33.1 Å². The van der Waals surface area contributed by atoms with Gasteiger partial charge in [-0.15, -0.1) is 0 Å². The van der Waals surface area contributed by atoms with Crippen molar-refractivity contribution in [2.75, 3.05) is 19.6 Å². The maximum Gasteiger partial charge on any atom is 0.0783 e. The van der Waals surface area contributed by atoms with Gasteiger partial charge in [0.05, 0.1) is 96.0 Å². The van der Waals surface area contributed by atoms with Crippen molar-refractivity contribution < 1.29 is 0 Å². The Bertz CT molecular complexity index is 4000. The highest BCUT2D eigenvalue weighted by atomic mass is 15.3. The van der Waals surface area contributed by atoms with Crippen molar-refractivity contribution in [3.8, 4) is 11.4 Å². The molecule has 1 unspecified atom stereocenters. The van der Waals surface area contributed by atoms with Crippen LogP contribution in [0.2, 0.25) is 0 Å². The summed E-state index contributed by atoms with van der Waals surface area (Å²) in [5.74, 6) is 0.254. The van der Waals surface area contributed by atoms with Gasteiger partial charge in [0.2, 0.25) is 0 Å². The molecule has 6 heterocycles. The van der Waals surface area contributed by atoms with E-state index in [-0.39, 0.29) is 5.92 Å². The van der Waals surface area contributed by atoms with Crippen LogP contribution in [0.15, 0.2) is 206 Å². The molecule has 0 saturated heterocycles. The van der Waals surface area contributed by atoms with Gasteiger partial charge in [-0.2, -0.15) is 0 Å². The molecule has 6 heteroatoms. The number of benzene rings is 9. The standard InChI is InChI=1S/C63H44N6/c1-37-58(67-52-31-13-10-28-49(52)64-46-25-7-4-19-40(46)43-22-16-34-55(67)61(43)64)38(2)60(69-54-33-15-12-30-51(54)66-48-27-9-6-21-42(48)45-24-18-36-57(69)63(45)66)39(3)59(37)68-53-32-14-11-29-50(53)65-47-26-8-5-20-41(47)44-23-17-35-56(68)62(44)65/h4-23,25-36,45H,24H2,1-3H3. The summed E-state index contributed by atoms with van der Waals surface area (Å²) in [6.07, 6.45) is 5.78. The summed E-state index contributed by atoms with van der Waals surface area (Å²) in [4.78, 5) is 10.4. The molecule has 0 spiro atoms. The van der Waals surface area contributed by atoms with Crippen LogP contribution in [-0.4, -0.2) is 9.13 Å². The summed E-state index contributed by atoms with van der Waals surface area (Å²) >= 11 is 0. The Labute approximate surface area is 399 Å². The zero-order valence-corrected chi connectivity index (χ0v) is 38.4. The number of fused-ring (bicyclic) bond motifs is 15. The molecule has 4 aliphatic heterocycles. The number of nitrogens with zero attached hydrogens (tertiary/aromatic N) is 6. The smallest absolute Gasteiger partial charge is 0.0783 e. The molecule has 326 valence electrons. The predicted octanol–water partition coefficient (Wildman–Crippen LogP) is 16.9. The molecule has 11 aromatic rings. The molecular formula is C63H44N6. The molecule has 6 nitrogen and oxygen atoms in total. The van der Waals surface area contributed by atoms with E-state index >= 15 is 0 Å². The van der Waals surface area contributed by atoms with E-state index in [9.17, 15) is 0 Å². The van der Waals surface area contributed by atoms with Crippen LogP contribution >= 0.6 is 0 Å². The maximum atomic E-state index is 2.63. The molecule has 2 aromatic heterocycles. The molecule has 0 amide bonds. The second kappa shape index (κ2) is 13.2. The van der Waals surface area contributed by atoms with E-state index in [4.69, 9.17) is 0 Å². The topological polar surface area (TPSA) is 22.8 Å². The minimum atomic E-state index is 0.254. The first-order chi connectivity index (χ1) is 34.1. The van der Waals surface area contributed by atoms with Gasteiger partial charge in [0, 0.05) is 33.2 Å². The molecule has 1 atom stereocenters. The number of hydrogen-bond donors (Lipinski definition) is 0. The van der Waals surface area contributed by atoms with Crippen LogP contribution in [0.5, 0.6) is 0 Å². The molecule has 0 bridgehead atoms. The van der Waals surface area contributed by atoms with Gasteiger partial charge in [0.15, 0.2) is 0 Å². The average molecular weight is 885 g/mol. The fraction of sp³-hybridized carbons (Fsp3) is 0.0794. The molecule has 0 fully saturated rings. The van der Waals surface area contributed by atoms with Crippen LogP contribution in [0.25, 0.3) is 55.0 Å². The Hall–Kier alpha value is -8.74. The van der Waals surface area contributed by atoms with Crippen molar-refractivity contribution in [2.24, 2.45) is 0 Å². The average Bonchev–Trinajstić information content (AvgIpc) is 4.05. The third-order valence-electron chi connectivity index (χ3n) is 16.0. The van der Waals surface area contributed by atoms with Gasteiger partial charge in [-0.25, -0.2) is 0 Å². The highest BCUT2D eigenvalue weighted by molar-refractivity contribution is 6.19. The fourth-order valence-electron chi connectivity index (χ4n) is 13.5. The number of para-hydroxylation sites is 11. The van der Waals surface area contributed by atoms with E-state index in [0.29, 0.717) is 0 Å². The summed E-state index contributed by atoms with van der Waals surface area (Å²) in [6, 6.07) is 67.7. The molecule has 0 radical (unpaired) electrons. The number of aromatic nitrogens is 2. The van der Waals surface area contributed by atoms with E-state index in [1.54, 1.807) is 0 Å². The zero-order chi connectivity index (χ0) is 45.4. The second-order valence-corrected chi connectivity index (χ2v) is 19.3. The lowest BCUT2D eigenvalue weighted by atomic mass is 9.88. The summed E-state index contributed by atoms with van der Waals surface area (Å²) in [6.45, 7) is 7.15. The van der Waals surface area contributed by atoms with E-state index < -0.39 is 0 Å². The number of allylic oxidation sites excluding steroid dienone is 3. The zero-order valence-electron chi connectivity index (χ0n) is 38.4. The number of hydrogen-bond acceptors (Lipinski definition) is 4. The van der Waals surface area contributed by atoms with Gasteiger partial charge in [-0.1, -0.05) is 121 Å². The molecule has 0 saturated carbocycles. The quantitative estimate of drug-likeness (QED) is 0.176. The Morgan fingerprint density at radius 2 is 0.739 bits per heavy atom. The van der Waals surface area contributed by atoms with E-state index in [1.165, 1.54) is 134 Å². The van der Waals surface area contributed by atoms with Crippen LogP contribution in [-0.2, 0) is 0 Å². The van der Waals surface area contributed by atoms with Crippen LogP contribution in [0.3, 0.4) is 0 Å². The van der Waals surface area contributed by atoms with Crippen molar-refractivity contribution in [3.63, 3.8) is 0 Å². The van der Waals surface area contributed by atoms with Gasteiger partial charge in [0.1, 0.15) is 0 Å². The van der Waals surface area contributed by atoms with E-state index in [2.05, 4.69) is 244 Å². The van der Waals surface area contributed by atoms with Crippen molar-refractivity contribution >= 4 is 100 Å². The first-order valence-electron chi connectivity index (χ1n) is 24.2. The Balaban J connectivity index is 1.06. The Morgan fingerprint density at radius 3 is 1.28 bits per heavy atom. The van der Waals surface area contributed by atoms with Gasteiger partial charge in [0.25, 0.3) is 0 Å². The molecule has 16 rings (SSSR count). The SMILES string of the molecule is Cc1c(N2C3=C4C(CC=C3)c3ccccc3N4c3ccccc32)c(C)c(N2c3ccccc3-n3c4ccccc4c4cccc2c43)c(C)c1N1c2ccccc2-n2c3ccccc3c3cccc1c32. The fourth-order valence-corrected chi connectivity index (χ4v) is 13.5. The monoisotopic (exact) mass is 884 g/mol. The van der Waals surface area contributed by atoms with Crippen LogP contribution in [0.1, 0.15) is 34.6 Å². The molecule has 5 aliphatic rings. The normalized spacial score (nSPS) is 15.9. The lowest BCUT2D eigenvalue weighted by Crippen LogP contribution is -2.33. The lowest BCUT2D eigenvalue weighted by molar-refractivity contribution is 0.791. The largest absolute Gasteiger partial charge is 0.309 e. The first-order valence-corrected chi connectivity index (χ1v) is 24.2. The van der Waals surface area contributed by atoms with Gasteiger partial charge < -0.3 is 28.7 Å². The molecule has 0 N–H and O–H groups in total. The third kappa shape index (κ3) is 4.52. The van der Waals surface area contributed by atoms with E-state index in [0.717, 1.165) is 17.8 Å². The summed E-state index contributed by atoms with van der Waals surface area (Å²) < 4.78 is 5.00. The van der Waals surface area contributed by atoms with Crippen molar-refractivity contribution in [1.82, 2.24) is 9.13 Å². The van der Waals surface area contributed by atoms with Crippen LogP contribution in [0.4, 0.5) is 56.9 Å². The maximum absolute atomic E-state index is 2.63. The Morgan fingerprint density at radius 1 is 0.348 bits per heavy atom. The molecule has 1 aliphatic carbocycles. The second-order valence-electron chi connectivity index (χ2n) is 19.3.